The molecule has 1 saturated heterocycles. The summed E-state index contributed by atoms with van der Waals surface area (Å²) < 4.78 is 0. The van der Waals surface area contributed by atoms with Crippen LogP contribution in [0.4, 0.5) is 0 Å². The predicted molar refractivity (Wildman–Crippen MR) is 83.8 cm³/mol. The molecule has 4 fully saturated rings. The minimum Gasteiger partial charge on any atom is -0.352 e. The number of carbonyl (C=O) groups excluding carboxylic acids is 1. The molecule has 3 aliphatic carbocycles. The smallest absolute Gasteiger partial charge is 0.237 e. The van der Waals surface area contributed by atoms with E-state index in [2.05, 4.69) is 17.6 Å². The van der Waals surface area contributed by atoms with Crippen LogP contribution in [0.3, 0.4) is 0 Å². The van der Waals surface area contributed by atoms with E-state index >= 15 is 0 Å². The van der Waals surface area contributed by atoms with E-state index in [0.717, 1.165) is 30.1 Å². The molecule has 118 valence electrons. The summed E-state index contributed by atoms with van der Waals surface area (Å²) >= 11 is 0. The van der Waals surface area contributed by atoms with Crippen molar-refractivity contribution < 1.29 is 4.79 Å². The SMILES string of the molecule is CC(NC(=O)C1CC2CCCCC2N1)C1CC2CCC1C2. The van der Waals surface area contributed by atoms with Gasteiger partial charge in [0.15, 0.2) is 0 Å². The van der Waals surface area contributed by atoms with E-state index in [-0.39, 0.29) is 11.9 Å². The van der Waals surface area contributed by atoms with Gasteiger partial charge in [0.2, 0.25) is 5.91 Å². The predicted octanol–water partition coefficient (Wildman–Crippen LogP) is 2.85. The molecule has 0 radical (unpaired) electrons. The molecule has 4 rings (SSSR count). The number of amides is 1. The van der Waals surface area contributed by atoms with Crippen LogP contribution < -0.4 is 10.6 Å². The minimum atomic E-state index is 0.0825. The largest absolute Gasteiger partial charge is 0.352 e. The van der Waals surface area contributed by atoms with E-state index in [1.165, 1.54) is 51.4 Å². The second-order valence-electron chi connectivity index (χ2n) is 8.24. The van der Waals surface area contributed by atoms with Gasteiger partial charge in [-0.25, -0.2) is 0 Å². The Morgan fingerprint density at radius 3 is 2.62 bits per heavy atom. The Labute approximate surface area is 128 Å². The third-order valence-electron chi connectivity index (χ3n) is 6.98. The van der Waals surface area contributed by atoms with Gasteiger partial charge in [0, 0.05) is 12.1 Å². The topological polar surface area (TPSA) is 41.1 Å². The molecule has 3 saturated carbocycles. The Balaban J connectivity index is 1.31. The molecule has 1 heterocycles. The van der Waals surface area contributed by atoms with Crippen molar-refractivity contribution in [1.29, 1.82) is 0 Å². The van der Waals surface area contributed by atoms with E-state index in [1.54, 1.807) is 0 Å². The van der Waals surface area contributed by atoms with Gasteiger partial charge < -0.3 is 10.6 Å². The van der Waals surface area contributed by atoms with Gasteiger partial charge in [-0.15, -0.1) is 0 Å². The van der Waals surface area contributed by atoms with Gasteiger partial charge in [0.25, 0.3) is 0 Å². The lowest BCUT2D eigenvalue weighted by Gasteiger charge is -2.29. The fourth-order valence-corrected chi connectivity index (χ4v) is 5.86. The number of carbonyl (C=O) groups is 1. The standard InChI is InChI=1S/C18H30N2O/c1-11(15-9-12-6-7-13(15)8-12)19-18(21)17-10-14-4-2-3-5-16(14)20-17/h11-17,20H,2-10H2,1H3,(H,19,21). The van der Waals surface area contributed by atoms with Crippen LogP contribution in [0.5, 0.6) is 0 Å². The monoisotopic (exact) mass is 290 g/mol. The highest BCUT2D eigenvalue weighted by Crippen LogP contribution is 2.49. The van der Waals surface area contributed by atoms with Crippen molar-refractivity contribution >= 4 is 5.91 Å². The van der Waals surface area contributed by atoms with Crippen molar-refractivity contribution in [3.05, 3.63) is 0 Å². The maximum absolute atomic E-state index is 12.6. The number of fused-ring (bicyclic) bond motifs is 3. The van der Waals surface area contributed by atoms with Gasteiger partial charge in [-0.3, -0.25) is 4.79 Å². The van der Waals surface area contributed by atoms with Crippen molar-refractivity contribution in [1.82, 2.24) is 10.6 Å². The first-order valence-electron chi connectivity index (χ1n) is 9.27. The average molecular weight is 290 g/mol. The van der Waals surface area contributed by atoms with Crippen LogP contribution in [-0.2, 0) is 4.79 Å². The van der Waals surface area contributed by atoms with Crippen LogP contribution in [0, 0.1) is 23.7 Å². The number of hydrogen-bond donors (Lipinski definition) is 2. The summed E-state index contributed by atoms with van der Waals surface area (Å²) in [7, 11) is 0. The van der Waals surface area contributed by atoms with Crippen LogP contribution in [0.25, 0.3) is 0 Å². The van der Waals surface area contributed by atoms with Gasteiger partial charge in [-0.05, 0) is 69.1 Å². The average Bonchev–Trinajstić information content (AvgIpc) is 3.21. The maximum Gasteiger partial charge on any atom is 0.237 e. The van der Waals surface area contributed by atoms with Crippen molar-refractivity contribution in [3.63, 3.8) is 0 Å². The highest BCUT2D eigenvalue weighted by atomic mass is 16.2. The van der Waals surface area contributed by atoms with Crippen molar-refractivity contribution in [2.75, 3.05) is 0 Å². The molecule has 0 spiro atoms. The fraction of sp³-hybridized carbons (Fsp3) is 0.944. The van der Waals surface area contributed by atoms with Gasteiger partial charge in [0.1, 0.15) is 0 Å². The Morgan fingerprint density at radius 2 is 1.90 bits per heavy atom. The Kier molecular flexibility index (Phi) is 3.72. The van der Waals surface area contributed by atoms with Crippen LogP contribution >= 0.6 is 0 Å². The van der Waals surface area contributed by atoms with E-state index in [9.17, 15) is 4.79 Å². The van der Waals surface area contributed by atoms with Crippen LogP contribution in [0.2, 0.25) is 0 Å². The van der Waals surface area contributed by atoms with Gasteiger partial charge >= 0.3 is 0 Å². The molecule has 7 atom stereocenters. The van der Waals surface area contributed by atoms with Crippen LogP contribution in [-0.4, -0.2) is 24.0 Å². The molecule has 7 unspecified atom stereocenters. The normalized spacial score (nSPS) is 46.3. The van der Waals surface area contributed by atoms with E-state index in [1.807, 2.05) is 0 Å². The number of nitrogens with one attached hydrogen (secondary N) is 2. The first-order chi connectivity index (χ1) is 10.2. The van der Waals surface area contributed by atoms with Crippen molar-refractivity contribution in [3.8, 4) is 0 Å². The highest BCUT2D eigenvalue weighted by Gasteiger charge is 2.43. The molecule has 1 amide bonds. The Morgan fingerprint density at radius 1 is 1.05 bits per heavy atom. The zero-order chi connectivity index (χ0) is 14.4. The van der Waals surface area contributed by atoms with Gasteiger partial charge in [0.05, 0.1) is 6.04 Å². The summed E-state index contributed by atoms with van der Waals surface area (Å²) in [6.45, 7) is 2.24. The molecule has 0 aromatic heterocycles. The number of hydrogen-bond acceptors (Lipinski definition) is 2. The molecule has 4 aliphatic rings. The third-order valence-corrected chi connectivity index (χ3v) is 6.98. The van der Waals surface area contributed by atoms with Gasteiger partial charge in [-0.1, -0.05) is 19.3 Å². The highest BCUT2D eigenvalue weighted by molar-refractivity contribution is 5.82. The molecule has 0 aromatic rings. The lowest BCUT2D eigenvalue weighted by atomic mass is 9.83. The van der Waals surface area contributed by atoms with Crippen LogP contribution in [0.1, 0.15) is 64.7 Å². The molecule has 3 nitrogen and oxygen atoms in total. The zero-order valence-corrected chi connectivity index (χ0v) is 13.3. The van der Waals surface area contributed by atoms with Gasteiger partial charge in [-0.2, -0.15) is 0 Å². The molecular weight excluding hydrogens is 260 g/mol. The molecule has 3 heteroatoms. The first kappa shape index (κ1) is 14.0. The van der Waals surface area contributed by atoms with E-state index < -0.39 is 0 Å². The summed E-state index contributed by atoms with van der Waals surface area (Å²) in [5.41, 5.74) is 0. The summed E-state index contributed by atoms with van der Waals surface area (Å²) in [6.07, 6.45) is 12.0. The van der Waals surface area contributed by atoms with E-state index in [4.69, 9.17) is 0 Å². The first-order valence-corrected chi connectivity index (χ1v) is 9.27. The lowest BCUT2D eigenvalue weighted by molar-refractivity contribution is -0.124. The molecule has 0 aromatic carbocycles. The second kappa shape index (κ2) is 5.57. The molecule has 2 bridgehead atoms. The van der Waals surface area contributed by atoms with Crippen LogP contribution in [0.15, 0.2) is 0 Å². The fourth-order valence-electron chi connectivity index (χ4n) is 5.86. The molecule has 21 heavy (non-hydrogen) atoms. The summed E-state index contributed by atoms with van der Waals surface area (Å²) in [6, 6.07) is 1.07. The molecule has 1 aliphatic heterocycles. The summed E-state index contributed by atoms with van der Waals surface area (Å²) in [4.78, 5) is 12.6. The van der Waals surface area contributed by atoms with Crippen molar-refractivity contribution in [2.45, 2.75) is 82.8 Å². The molecular formula is C18H30N2O. The zero-order valence-electron chi connectivity index (χ0n) is 13.3. The van der Waals surface area contributed by atoms with Crippen molar-refractivity contribution in [2.24, 2.45) is 23.7 Å². The lowest BCUT2D eigenvalue weighted by Crippen LogP contribution is -2.48. The quantitative estimate of drug-likeness (QED) is 0.839. The van der Waals surface area contributed by atoms with E-state index in [0.29, 0.717) is 12.1 Å². The second-order valence-corrected chi connectivity index (χ2v) is 8.24. The summed E-state index contributed by atoms with van der Waals surface area (Å²) in [5, 5.41) is 6.97. The molecule has 2 N–H and O–H groups in total. The Hall–Kier alpha value is -0.570. The summed E-state index contributed by atoms with van der Waals surface area (Å²) in [5.74, 6) is 3.64. The number of rotatable bonds is 3. The maximum atomic E-state index is 12.6. The third kappa shape index (κ3) is 2.62. The Bertz CT molecular complexity index is 396. The minimum absolute atomic E-state index is 0.0825.